The Morgan fingerprint density at radius 3 is 2.83 bits per heavy atom. The van der Waals surface area contributed by atoms with Crippen LogP contribution in [0.1, 0.15) is 19.3 Å². The Bertz CT molecular complexity index is 117. The van der Waals surface area contributed by atoms with Gasteiger partial charge in [0.1, 0.15) is 0 Å². The second-order valence-electron chi connectivity index (χ2n) is 3.47. The van der Waals surface area contributed by atoms with Crippen LogP contribution in [0.15, 0.2) is 12.7 Å². The molecule has 0 amide bonds. The molecule has 1 heterocycles. The van der Waals surface area contributed by atoms with Gasteiger partial charge in [-0.15, -0.1) is 6.58 Å². The molecule has 1 saturated heterocycles. The molecule has 0 saturated carbocycles. The van der Waals surface area contributed by atoms with Crippen LogP contribution in [0.3, 0.4) is 0 Å². The molecule has 2 N–H and O–H groups in total. The first kappa shape index (κ1) is 9.75. The van der Waals surface area contributed by atoms with Crippen molar-refractivity contribution in [3.8, 4) is 0 Å². The summed E-state index contributed by atoms with van der Waals surface area (Å²) in [6.45, 7) is 8.20. The summed E-state index contributed by atoms with van der Waals surface area (Å²) in [5.74, 6) is 0.948. The summed E-state index contributed by atoms with van der Waals surface area (Å²) in [7, 11) is 0. The molecule has 1 aliphatic heterocycles. The van der Waals surface area contributed by atoms with Gasteiger partial charge in [-0.3, -0.25) is 0 Å². The maximum Gasteiger partial charge on any atom is 0.0132 e. The lowest BCUT2D eigenvalue weighted by atomic mass is 9.95. The first-order valence-corrected chi connectivity index (χ1v) is 4.96. The van der Waals surface area contributed by atoms with E-state index in [4.69, 9.17) is 0 Å². The molecular formula is C10H20N2. The van der Waals surface area contributed by atoms with E-state index in [0.717, 1.165) is 19.0 Å². The number of hydrogen-bond donors (Lipinski definition) is 2. The minimum atomic E-state index is 0.948. The minimum Gasteiger partial charge on any atom is -0.317 e. The molecule has 0 radical (unpaired) electrons. The van der Waals surface area contributed by atoms with Crippen molar-refractivity contribution in [1.82, 2.24) is 10.6 Å². The highest BCUT2D eigenvalue weighted by Crippen LogP contribution is 2.14. The molecule has 12 heavy (non-hydrogen) atoms. The first-order chi connectivity index (χ1) is 5.93. The fourth-order valence-corrected chi connectivity index (χ4v) is 1.68. The van der Waals surface area contributed by atoms with Crippen LogP contribution in [0, 0.1) is 5.92 Å². The van der Waals surface area contributed by atoms with Crippen LogP contribution >= 0.6 is 0 Å². The van der Waals surface area contributed by atoms with Gasteiger partial charge in [0.2, 0.25) is 0 Å². The summed E-state index contributed by atoms with van der Waals surface area (Å²) in [5.41, 5.74) is 0. The summed E-state index contributed by atoms with van der Waals surface area (Å²) in [6.07, 6.45) is 5.96. The maximum absolute atomic E-state index is 3.67. The van der Waals surface area contributed by atoms with Gasteiger partial charge in [0.25, 0.3) is 0 Å². The number of rotatable bonds is 5. The zero-order chi connectivity index (χ0) is 8.65. The van der Waals surface area contributed by atoms with Gasteiger partial charge in [-0.25, -0.2) is 0 Å². The van der Waals surface area contributed by atoms with Gasteiger partial charge in [-0.05, 0) is 44.8 Å². The average Bonchev–Trinajstić information content (AvgIpc) is 2.14. The topological polar surface area (TPSA) is 24.1 Å². The van der Waals surface area contributed by atoms with Crippen molar-refractivity contribution in [2.24, 2.45) is 5.92 Å². The van der Waals surface area contributed by atoms with Gasteiger partial charge < -0.3 is 10.6 Å². The molecule has 0 unspecified atom stereocenters. The molecule has 0 aromatic rings. The van der Waals surface area contributed by atoms with Crippen LogP contribution in [0.4, 0.5) is 0 Å². The van der Waals surface area contributed by atoms with E-state index in [2.05, 4.69) is 17.2 Å². The maximum atomic E-state index is 3.67. The molecule has 0 bridgehead atoms. The van der Waals surface area contributed by atoms with Crippen molar-refractivity contribution >= 4 is 0 Å². The van der Waals surface area contributed by atoms with Crippen LogP contribution < -0.4 is 10.6 Å². The van der Waals surface area contributed by atoms with Gasteiger partial charge in [0, 0.05) is 6.54 Å². The molecule has 1 rings (SSSR count). The Kier molecular flexibility index (Phi) is 5.04. The Morgan fingerprint density at radius 1 is 1.42 bits per heavy atom. The molecule has 70 valence electrons. The van der Waals surface area contributed by atoms with Crippen LogP contribution in [0.5, 0.6) is 0 Å². The fourth-order valence-electron chi connectivity index (χ4n) is 1.68. The Hall–Kier alpha value is -0.340. The normalized spacial score (nSPS) is 19.3. The standard InChI is InChI=1S/C10H20N2/c1-2-6-11-7-3-10-4-8-12-9-5-10/h2,10-12H,1,3-9H2. The van der Waals surface area contributed by atoms with E-state index in [-0.39, 0.29) is 0 Å². The predicted octanol–water partition coefficient (Wildman–Crippen LogP) is 1.15. The largest absolute Gasteiger partial charge is 0.317 e. The summed E-state index contributed by atoms with van der Waals surface area (Å²) >= 11 is 0. The monoisotopic (exact) mass is 168 g/mol. The molecule has 0 spiro atoms. The molecule has 2 heteroatoms. The van der Waals surface area contributed by atoms with E-state index in [1.54, 1.807) is 0 Å². The number of piperidine rings is 1. The van der Waals surface area contributed by atoms with Crippen molar-refractivity contribution < 1.29 is 0 Å². The molecule has 0 atom stereocenters. The molecule has 0 aromatic heterocycles. The van der Waals surface area contributed by atoms with Gasteiger partial charge in [-0.2, -0.15) is 0 Å². The minimum absolute atomic E-state index is 0.948. The van der Waals surface area contributed by atoms with E-state index in [9.17, 15) is 0 Å². The van der Waals surface area contributed by atoms with Crippen molar-refractivity contribution in [1.29, 1.82) is 0 Å². The van der Waals surface area contributed by atoms with Gasteiger partial charge in [-0.1, -0.05) is 6.08 Å². The Balaban J connectivity index is 1.94. The number of hydrogen-bond acceptors (Lipinski definition) is 2. The van der Waals surface area contributed by atoms with Gasteiger partial charge in [0.15, 0.2) is 0 Å². The van der Waals surface area contributed by atoms with E-state index in [1.807, 2.05) is 6.08 Å². The predicted molar refractivity (Wildman–Crippen MR) is 53.3 cm³/mol. The Labute approximate surface area is 75.4 Å². The van der Waals surface area contributed by atoms with Crippen LogP contribution in [0.25, 0.3) is 0 Å². The highest BCUT2D eigenvalue weighted by Gasteiger charge is 2.11. The summed E-state index contributed by atoms with van der Waals surface area (Å²) in [4.78, 5) is 0. The average molecular weight is 168 g/mol. The second-order valence-corrected chi connectivity index (χ2v) is 3.47. The van der Waals surface area contributed by atoms with Gasteiger partial charge in [0.05, 0.1) is 0 Å². The van der Waals surface area contributed by atoms with Crippen molar-refractivity contribution in [2.45, 2.75) is 19.3 Å². The third-order valence-corrected chi connectivity index (χ3v) is 2.48. The highest BCUT2D eigenvalue weighted by atomic mass is 14.9. The number of nitrogens with one attached hydrogen (secondary N) is 2. The summed E-state index contributed by atoms with van der Waals surface area (Å²) < 4.78 is 0. The van der Waals surface area contributed by atoms with Crippen LogP contribution in [-0.4, -0.2) is 26.2 Å². The van der Waals surface area contributed by atoms with Crippen LogP contribution in [-0.2, 0) is 0 Å². The van der Waals surface area contributed by atoms with E-state index >= 15 is 0 Å². The van der Waals surface area contributed by atoms with E-state index in [1.165, 1.54) is 32.4 Å². The van der Waals surface area contributed by atoms with Crippen molar-refractivity contribution in [3.63, 3.8) is 0 Å². The van der Waals surface area contributed by atoms with Crippen molar-refractivity contribution in [2.75, 3.05) is 26.2 Å². The molecule has 1 fully saturated rings. The quantitative estimate of drug-likeness (QED) is 0.475. The van der Waals surface area contributed by atoms with E-state index in [0.29, 0.717) is 0 Å². The van der Waals surface area contributed by atoms with E-state index < -0.39 is 0 Å². The molecule has 0 aromatic carbocycles. The SMILES string of the molecule is C=CCNCCC1CCNCC1. The Morgan fingerprint density at radius 2 is 2.17 bits per heavy atom. The molecule has 2 nitrogen and oxygen atoms in total. The fraction of sp³-hybridized carbons (Fsp3) is 0.800. The molecule has 0 aliphatic carbocycles. The smallest absolute Gasteiger partial charge is 0.0132 e. The molecular weight excluding hydrogens is 148 g/mol. The second kappa shape index (κ2) is 6.21. The van der Waals surface area contributed by atoms with Gasteiger partial charge >= 0.3 is 0 Å². The zero-order valence-electron chi connectivity index (χ0n) is 7.81. The summed E-state index contributed by atoms with van der Waals surface area (Å²) in [6, 6.07) is 0. The highest BCUT2D eigenvalue weighted by molar-refractivity contribution is 4.72. The third-order valence-electron chi connectivity index (χ3n) is 2.48. The summed E-state index contributed by atoms with van der Waals surface area (Å²) in [5, 5.41) is 6.72. The van der Waals surface area contributed by atoms with Crippen molar-refractivity contribution in [3.05, 3.63) is 12.7 Å². The third kappa shape index (κ3) is 3.88. The van der Waals surface area contributed by atoms with Crippen LogP contribution in [0.2, 0.25) is 0 Å². The lowest BCUT2D eigenvalue weighted by Crippen LogP contribution is -2.29. The molecule has 1 aliphatic rings. The zero-order valence-corrected chi connectivity index (χ0v) is 7.81. The first-order valence-electron chi connectivity index (χ1n) is 4.96. The lowest BCUT2D eigenvalue weighted by Gasteiger charge is -2.22. The lowest BCUT2D eigenvalue weighted by molar-refractivity contribution is 0.350.